The van der Waals surface area contributed by atoms with E-state index in [1.807, 2.05) is 17.0 Å². The molecule has 1 saturated heterocycles. The third-order valence-corrected chi connectivity index (χ3v) is 4.83. The van der Waals surface area contributed by atoms with E-state index in [9.17, 15) is 4.79 Å². The Morgan fingerprint density at radius 3 is 2.68 bits per heavy atom. The molecule has 4 rings (SSSR count). The number of anilines is 1. The third-order valence-electron chi connectivity index (χ3n) is 4.60. The van der Waals surface area contributed by atoms with Gasteiger partial charge in [0.25, 0.3) is 5.91 Å². The van der Waals surface area contributed by atoms with Crippen LogP contribution in [0.5, 0.6) is 0 Å². The van der Waals surface area contributed by atoms with Crippen molar-refractivity contribution in [3.8, 4) is 11.4 Å². The van der Waals surface area contributed by atoms with Gasteiger partial charge in [0.05, 0.1) is 10.6 Å². The Bertz CT molecular complexity index is 950. The molecule has 3 aromatic heterocycles. The van der Waals surface area contributed by atoms with Crippen LogP contribution in [0.4, 0.5) is 5.82 Å². The van der Waals surface area contributed by atoms with Crippen molar-refractivity contribution < 1.29 is 4.79 Å². The van der Waals surface area contributed by atoms with Crippen LogP contribution >= 0.6 is 11.6 Å². The number of likely N-dealkylation sites (tertiary alicyclic amines) is 1. The smallest absolute Gasteiger partial charge is 0.273 e. The van der Waals surface area contributed by atoms with Gasteiger partial charge in [-0.15, -0.1) is 0 Å². The maximum atomic E-state index is 13.2. The minimum Gasteiger partial charge on any atom is -0.366 e. The number of carbonyl (C=O) groups excluding carboxylic acids is 1. The summed E-state index contributed by atoms with van der Waals surface area (Å²) in [5.41, 5.74) is 1.02. The van der Waals surface area contributed by atoms with Crippen molar-refractivity contribution in [3.63, 3.8) is 0 Å². The quantitative estimate of drug-likeness (QED) is 0.730. The fourth-order valence-corrected chi connectivity index (χ4v) is 3.41. The summed E-state index contributed by atoms with van der Waals surface area (Å²) in [6.45, 7) is 1.27. The van der Waals surface area contributed by atoms with Gasteiger partial charge in [0, 0.05) is 43.9 Å². The summed E-state index contributed by atoms with van der Waals surface area (Å²) < 4.78 is 0. The van der Waals surface area contributed by atoms with Crippen molar-refractivity contribution in [1.29, 1.82) is 0 Å². The van der Waals surface area contributed by atoms with Gasteiger partial charge in [0.1, 0.15) is 11.5 Å². The van der Waals surface area contributed by atoms with Gasteiger partial charge in [0.2, 0.25) is 0 Å². The van der Waals surface area contributed by atoms with Crippen LogP contribution in [-0.2, 0) is 0 Å². The van der Waals surface area contributed by atoms with E-state index >= 15 is 0 Å². The third kappa shape index (κ3) is 4.09. The van der Waals surface area contributed by atoms with Crippen molar-refractivity contribution in [2.75, 3.05) is 18.4 Å². The normalized spacial score (nSPS) is 16.6. The van der Waals surface area contributed by atoms with E-state index in [1.165, 1.54) is 0 Å². The van der Waals surface area contributed by atoms with Crippen LogP contribution in [0.15, 0.2) is 55.1 Å². The first kappa shape index (κ1) is 18.3. The van der Waals surface area contributed by atoms with Gasteiger partial charge >= 0.3 is 0 Å². The average Bonchev–Trinajstić information content (AvgIpc) is 2.76. The predicted octanol–water partition coefficient (Wildman–Crippen LogP) is 3.30. The minimum absolute atomic E-state index is 0.112. The molecule has 0 radical (unpaired) electrons. The number of halogens is 1. The van der Waals surface area contributed by atoms with Gasteiger partial charge in [0.15, 0.2) is 5.82 Å². The molecular formula is C20H19ClN6O. The van der Waals surface area contributed by atoms with E-state index in [0.29, 0.717) is 35.2 Å². The summed E-state index contributed by atoms with van der Waals surface area (Å²) in [4.78, 5) is 32.1. The number of piperidine rings is 1. The number of hydrogen-bond donors (Lipinski definition) is 1. The summed E-state index contributed by atoms with van der Waals surface area (Å²) in [6, 6.07) is 9.11. The Morgan fingerprint density at radius 1 is 1.07 bits per heavy atom. The fraction of sp³-hybridized carbons (Fsp3) is 0.250. The number of nitrogens with one attached hydrogen (secondary N) is 1. The number of amides is 1. The van der Waals surface area contributed by atoms with Gasteiger partial charge in [-0.05, 0) is 43.2 Å². The molecule has 7 nitrogen and oxygen atoms in total. The van der Waals surface area contributed by atoms with Crippen molar-refractivity contribution in [2.24, 2.45) is 0 Å². The Balaban J connectivity index is 1.51. The molecule has 1 amide bonds. The molecule has 0 aliphatic carbocycles. The minimum atomic E-state index is -0.112. The van der Waals surface area contributed by atoms with Crippen LogP contribution in [0.2, 0.25) is 5.02 Å². The first-order valence-corrected chi connectivity index (χ1v) is 9.48. The first-order chi connectivity index (χ1) is 13.7. The second kappa shape index (κ2) is 8.31. The van der Waals surface area contributed by atoms with Gasteiger partial charge in [-0.1, -0.05) is 11.6 Å². The SMILES string of the molecule is O=C(c1ncccc1-c1ncccn1)N1CCCC(Nc2ccc(Cl)cn2)C1. The van der Waals surface area contributed by atoms with E-state index in [4.69, 9.17) is 11.6 Å². The molecule has 0 saturated carbocycles. The molecule has 28 heavy (non-hydrogen) atoms. The van der Waals surface area contributed by atoms with Crippen LogP contribution in [0.25, 0.3) is 11.4 Å². The second-order valence-electron chi connectivity index (χ2n) is 6.57. The highest BCUT2D eigenvalue weighted by Gasteiger charge is 2.27. The van der Waals surface area contributed by atoms with Crippen LogP contribution in [0.3, 0.4) is 0 Å². The molecule has 0 bridgehead atoms. The molecule has 1 aliphatic rings. The number of rotatable bonds is 4. The zero-order valence-electron chi connectivity index (χ0n) is 15.1. The lowest BCUT2D eigenvalue weighted by atomic mass is 10.0. The van der Waals surface area contributed by atoms with E-state index in [-0.39, 0.29) is 11.9 Å². The van der Waals surface area contributed by atoms with Crippen molar-refractivity contribution in [3.05, 3.63) is 65.8 Å². The topological polar surface area (TPSA) is 83.9 Å². The molecule has 1 aliphatic heterocycles. The van der Waals surface area contributed by atoms with Crippen molar-refractivity contribution >= 4 is 23.3 Å². The molecule has 1 atom stereocenters. The van der Waals surface area contributed by atoms with E-state index in [0.717, 1.165) is 18.7 Å². The second-order valence-corrected chi connectivity index (χ2v) is 7.00. The summed E-state index contributed by atoms with van der Waals surface area (Å²) in [6.07, 6.45) is 8.41. The van der Waals surface area contributed by atoms with Gasteiger partial charge in [-0.25, -0.2) is 15.0 Å². The monoisotopic (exact) mass is 394 g/mol. The zero-order chi connectivity index (χ0) is 19.3. The molecule has 142 valence electrons. The highest BCUT2D eigenvalue weighted by molar-refractivity contribution is 6.30. The summed E-state index contributed by atoms with van der Waals surface area (Å²) in [7, 11) is 0. The molecule has 4 heterocycles. The first-order valence-electron chi connectivity index (χ1n) is 9.10. The average molecular weight is 395 g/mol. The molecule has 8 heteroatoms. The van der Waals surface area contributed by atoms with Crippen LogP contribution in [0.1, 0.15) is 23.3 Å². The lowest BCUT2D eigenvalue weighted by Crippen LogP contribution is -2.45. The number of nitrogens with zero attached hydrogens (tertiary/aromatic N) is 5. The van der Waals surface area contributed by atoms with Crippen LogP contribution < -0.4 is 5.32 Å². The highest BCUT2D eigenvalue weighted by atomic mass is 35.5. The van der Waals surface area contributed by atoms with Crippen LogP contribution in [-0.4, -0.2) is 49.9 Å². The van der Waals surface area contributed by atoms with E-state index in [1.54, 1.807) is 43.0 Å². The predicted molar refractivity (Wildman–Crippen MR) is 107 cm³/mol. The summed E-state index contributed by atoms with van der Waals surface area (Å²) in [5.74, 6) is 1.13. The van der Waals surface area contributed by atoms with Gasteiger partial charge in [-0.3, -0.25) is 9.78 Å². The number of aromatic nitrogens is 4. The zero-order valence-corrected chi connectivity index (χ0v) is 15.9. The molecule has 1 N–H and O–H groups in total. The lowest BCUT2D eigenvalue weighted by Gasteiger charge is -2.33. The number of hydrogen-bond acceptors (Lipinski definition) is 6. The van der Waals surface area contributed by atoms with Crippen LogP contribution in [0, 0.1) is 0 Å². The molecule has 0 aromatic carbocycles. The number of pyridine rings is 2. The number of carbonyl (C=O) groups is 1. The molecule has 0 spiro atoms. The fourth-order valence-electron chi connectivity index (χ4n) is 3.29. The standard InChI is InChI=1S/C20H19ClN6O/c21-14-6-7-17(25-12-14)26-15-4-2-11-27(13-15)20(28)18-16(5-1-8-22-18)19-23-9-3-10-24-19/h1,3,5-10,12,15H,2,4,11,13H2,(H,25,26). The largest absolute Gasteiger partial charge is 0.366 e. The maximum Gasteiger partial charge on any atom is 0.273 e. The molecular weight excluding hydrogens is 376 g/mol. The summed E-state index contributed by atoms with van der Waals surface area (Å²) >= 11 is 5.89. The Labute approximate surface area is 167 Å². The van der Waals surface area contributed by atoms with Gasteiger partial charge < -0.3 is 10.2 Å². The lowest BCUT2D eigenvalue weighted by molar-refractivity contribution is 0.0709. The Morgan fingerprint density at radius 2 is 1.89 bits per heavy atom. The molecule has 1 fully saturated rings. The summed E-state index contributed by atoms with van der Waals surface area (Å²) in [5, 5.41) is 3.98. The Hall–Kier alpha value is -3.06. The van der Waals surface area contributed by atoms with Gasteiger partial charge in [-0.2, -0.15) is 0 Å². The van der Waals surface area contributed by atoms with Crippen molar-refractivity contribution in [2.45, 2.75) is 18.9 Å². The Kier molecular flexibility index (Phi) is 5.43. The maximum absolute atomic E-state index is 13.2. The van der Waals surface area contributed by atoms with E-state index < -0.39 is 0 Å². The molecule has 1 unspecified atom stereocenters. The van der Waals surface area contributed by atoms with E-state index in [2.05, 4.69) is 25.3 Å². The molecule has 3 aromatic rings. The highest BCUT2D eigenvalue weighted by Crippen LogP contribution is 2.22. The van der Waals surface area contributed by atoms with Crippen molar-refractivity contribution in [1.82, 2.24) is 24.8 Å².